The molecule has 1 atom stereocenters. The van der Waals surface area contributed by atoms with Gasteiger partial charge in [-0.2, -0.15) is 0 Å². The Morgan fingerprint density at radius 2 is 1.94 bits per heavy atom. The number of aliphatic hydroxyl groups is 1. The quantitative estimate of drug-likeness (QED) is 0.723. The second-order valence-electron chi connectivity index (χ2n) is 4.78. The smallest absolute Gasteiger partial charge is 0.0580 e. The van der Waals surface area contributed by atoms with Crippen molar-refractivity contribution in [2.24, 2.45) is 0 Å². The van der Waals surface area contributed by atoms with Gasteiger partial charge in [-0.25, -0.2) is 0 Å². The van der Waals surface area contributed by atoms with Crippen LogP contribution in [0.15, 0.2) is 18.2 Å². The van der Waals surface area contributed by atoms with Gasteiger partial charge >= 0.3 is 0 Å². The lowest BCUT2D eigenvalue weighted by atomic mass is 9.98. The van der Waals surface area contributed by atoms with Crippen molar-refractivity contribution in [1.82, 2.24) is 0 Å². The molecule has 90 valence electrons. The van der Waals surface area contributed by atoms with Crippen molar-refractivity contribution in [2.75, 3.05) is 0 Å². The van der Waals surface area contributed by atoms with Gasteiger partial charge in [0.15, 0.2) is 0 Å². The summed E-state index contributed by atoms with van der Waals surface area (Å²) in [4.78, 5) is 0. The third-order valence-corrected chi connectivity index (χ3v) is 3.10. The number of unbranched alkanes of at least 4 members (excludes halogenated alkanes) is 2. The van der Waals surface area contributed by atoms with Crippen LogP contribution in [0.5, 0.6) is 0 Å². The van der Waals surface area contributed by atoms with Gasteiger partial charge in [-0.05, 0) is 37.8 Å². The predicted molar refractivity (Wildman–Crippen MR) is 69.8 cm³/mol. The Labute approximate surface area is 99.5 Å². The molecule has 0 radical (unpaired) electrons. The summed E-state index contributed by atoms with van der Waals surface area (Å²) < 4.78 is 0. The van der Waals surface area contributed by atoms with Gasteiger partial charge in [0.1, 0.15) is 0 Å². The number of hydrogen-bond acceptors (Lipinski definition) is 1. The molecule has 16 heavy (non-hydrogen) atoms. The van der Waals surface area contributed by atoms with Crippen LogP contribution in [0.1, 0.15) is 49.3 Å². The maximum atomic E-state index is 9.94. The monoisotopic (exact) mass is 220 g/mol. The molecule has 1 unspecified atom stereocenters. The van der Waals surface area contributed by atoms with Gasteiger partial charge in [-0.15, -0.1) is 0 Å². The first-order valence-electron chi connectivity index (χ1n) is 6.37. The van der Waals surface area contributed by atoms with E-state index in [4.69, 9.17) is 0 Å². The first-order chi connectivity index (χ1) is 7.63. The van der Waals surface area contributed by atoms with Crippen molar-refractivity contribution in [3.63, 3.8) is 0 Å². The molecular weight excluding hydrogens is 196 g/mol. The van der Waals surface area contributed by atoms with Crippen LogP contribution < -0.4 is 0 Å². The minimum absolute atomic E-state index is 0.174. The van der Waals surface area contributed by atoms with Gasteiger partial charge in [0.25, 0.3) is 0 Å². The molecule has 1 nitrogen and oxygen atoms in total. The first-order valence-corrected chi connectivity index (χ1v) is 6.37. The molecule has 0 saturated carbocycles. The molecule has 0 saturated heterocycles. The van der Waals surface area contributed by atoms with Crippen LogP contribution in [0, 0.1) is 13.8 Å². The highest BCUT2D eigenvalue weighted by Crippen LogP contribution is 2.15. The summed E-state index contributed by atoms with van der Waals surface area (Å²) in [7, 11) is 0. The minimum atomic E-state index is -0.174. The van der Waals surface area contributed by atoms with E-state index in [-0.39, 0.29) is 6.10 Å². The Hall–Kier alpha value is -0.820. The third kappa shape index (κ3) is 4.36. The van der Waals surface area contributed by atoms with E-state index in [2.05, 4.69) is 39.0 Å². The molecule has 1 heteroatoms. The van der Waals surface area contributed by atoms with Crippen LogP contribution in [0.25, 0.3) is 0 Å². The van der Waals surface area contributed by atoms with Crippen molar-refractivity contribution in [3.05, 3.63) is 34.9 Å². The molecule has 1 N–H and O–H groups in total. The van der Waals surface area contributed by atoms with E-state index >= 15 is 0 Å². The molecule has 0 aromatic heterocycles. The summed E-state index contributed by atoms with van der Waals surface area (Å²) in [6, 6.07) is 6.46. The lowest BCUT2D eigenvalue weighted by Gasteiger charge is -2.13. The molecule has 1 aromatic carbocycles. The fourth-order valence-electron chi connectivity index (χ4n) is 2.01. The number of hydrogen-bond donors (Lipinski definition) is 1. The molecule has 0 spiro atoms. The van der Waals surface area contributed by atoms with E-state index in [1.807, 2.05) is 0 Å². The second kappa shape index (κ2) is 6.70. The van der Waals surface area contributed by atoms with E-state index < -0.39 is 0 Å². The zero-order valence-electron chi connectivity index (χ0n) is 10.8. The van der Waals surface area contributed by atoms with E-state index in [9.17, 15) is 5.11 Å². The maximum absolute atomic E-state index is 9.94. The molecule has 0 aliphatic heterocycles. The Kier molecular flexibility index (Phi) is 5.54. The molecule has 0 bridgehead atoms. The number of benzene rings is 1. The third-order valence-electron chi connectivity index (χ3n) is 3.10. The molecule has 0 heterocycles. The van der Waals surface area contributed by atoms with Crippen LogP contribution in [0.3, 0.4) is 0 Å². The predicted octanol–water partition coefficient (Wildman–Crippen LogP) is 3.79. The van der Waals surface area contributed by atoms with E-state index in [1.54, 1.807) is 0 Å². The Balaban J connectivity index is 2.48. The van der Waals surface area contributed by atoms with E-state index in [1.165, 1.54) is 29.5 Å². The van der Waals surface area contributed by atoms with Gasteiger partial charge in [-0.3, -0.25) is 0 Å². The zero-order valence-corrected chi connectivity index (χ0v) is 10.8. The van der Waals surface area contributed by atoms with Gasteiger partial charge in [-0.1, -0.05) is 49.9 Å². The van der Waals surface area contributed by atoms with E-state index in [0.717, 1.165) is 19.3 Å². The van der Waals surface area contributed by atoms with Crippen molar-refractivity contribution in [3.8, 4) is 0 Å². The summed E-state index contributed by atoms with van der Waals surface area (Å²) >= 11 is 0. The number of rotatable bonds is 6. The van der Waals surface area contributed by atoms with Crippen molar-refractivity contribution < 1.29 is 5.11 Å². The van der Waals surface area contributed by atoms with Crippen LogP contribution in [-0.4, -0.2) is 11.2 Å². The number of aryl methyl sites for hydroxylation is 2. The highest BCUT2D eigenvalue weighted by atomic mass is 16.3. The van der Waals surface area contributed by atoms with Crippen molar-refractivity contribution in [1.29, 1.82) is 0 Å². The van der Waals surface area contributed by atoms with Gasteiger partial charge in [0, 0.05) is 0 Å². The standard InChI is InChI=1S/C15H24O/c1-4-5-6-7-15(16)11-14-10-12(2)8-9-13(14)3/h8-10,15-16H,4-7,11H2,1-3H3. The van der Waals surface area contributed by atoms with Crippen molar-refractivity contribution in [2.45, 2.75) is 59.0 Å². The van der Waals surface area contributed by atoms with Gasteiger partial charge in [0.2, 0.25) is 0 Å². The summed E-state index contributed by atoms with van der Waals surface area (Å²) in [6.07, 6.45) is 5.15. The highest BCUT2D eigenvalue weighted by Gasteiger charge is 2.07. The van der Waals surface area contributed by atoms with Crippen LogP contribution in [-0.2, 0) is 6.42 Å². The molecule has 1 aromatic rings. The molecule has 1 rings (SSSR count). The average Bonchev–Trinajstić information content (AvgIpc) is 2.24. The maximum Gasteiger partial charge on any atom is 0.0580 e. The summed E-state index contributed by atoms with van der Waals surface area (Å²) in [5.74, 6) is 0. The fraction of sp³-hybridized carbons (Fsp3) is 0.600. The largest absolute Gasteiger partial charge is 0.393 e. The lowest BCUT2D eigenvalue weighted by molar-refractivity contribution is 0.161. The van der Waals surface area contributed by atoms with Gasteiger partial charge < -0.3 is 5.11 Å². The Morgan fingerprint density at radius 1 is 1.19 bits per heavy atom. The normalized spacial score (nSPS) is 12.8. The number of aliphatic hydroxyl groups excluding tert-OH is 1. The van der Waals surface area contributed by atoms with Crippen molar-refractivity contribution >= 4 is 0 Å². The second-order valence-corrected chi connectivity index (χ2v) is 4.78. The topological polar surface area (TPSA) is 20.2 Å². The zero-order chi connectivity index (χ0) is 12.0. The van der Waals surface area contributed by atoms with Crippen LogP contribution in [0.2, 0.25) is 0 Å². The first kappa shape index (κ1) is 13.2. The molecule has 0 aliphatic rings. The molecule has 0 aliphatic carbocycles. The summed E-state index contributed by atoms with van der Waals surface area (Å²) in [5, 5.41) is 9.94. The molecular formula is C15H24O. The average molecular weight is 220 g/mol. The molecule has 0 amide bonds. The lowest BCUT2D eigenvalue weighted by Crippen LogP contribution is -2.11. The van der Waals surface area contributed by atoms with Crippen LogP contribution >= 0.6 is 0 Å². The Bertz CT molecular complexity index is 317. The minimum Gasteiger partial charge on any atom is -0.393 e. The summed E-state index contributed by atoms with van der Waals surface area (Å²) in [5.41, 5.74) is 3.87. The van der Waals surface area contributed by atoms with Crippen LogP contribution in [0.4, 0.5) is 0 Å². The SMILES string of the molecule is CCCCCC(O)Cc1cc(C)ccc1C. The molecule has 0 fully saturated rings. The van der Waals surface area contributed by atoms with E-state index in [0.29, 0.717) is 0 Å². The van der Waals surface area contributed by atoms with Gasteiger partial charge in [0.05, 0.1) is 6.10 Å². The summed E-state index contributed by atoms with van der Waals surface area (Å²) in [6.45, 7) is 6.41. The fourth-order valence-corrected chi connectivity index (χ4v) is 2.01. The highest BCUT2D eigenvalue weighted by molar-refractivity contribution is 5.30. The Morgan fingerprint density at radius 3 is 2.62 bits per heavy atom.